The third kappa shape index (κ3) is 8.09. The van der Waals surface area contributed by atoms with Gasteiger partial charge in [-0.1, -0.05) is 12.1 Å². The molecule has 0 radical (unpaired) electrons. The molecule has 2 aromatic rings. The molecule has 0 bridgehead atoms. The van der Waals surface area contributed by atoms with E-state index in [1.165, 1.54) is 0 Å². The van der Waals surface area contributed by atoms with E-state index in [0.717, 1.165) is 42.3 Å². The number of hydrogen-bond acceptors (Lipinski definition) is 5. The molecule has 7 nitrogen and oxygen atoms in total. The van der Waals surface area contributed by atoms with Gasteiger partial charge in [-0.15, -0.1) is 24.0 Å². The zero-order valence-corrected chi connectivity index (χ0v) is 21.3. The highest BCUT2D eigenvalue weighted by Crippen LogP contribution is 2.30. The molecule has 10 heteroatoms. The fraction of sp³-hybridized carbons (Fsp3) is 0.435. The van der Waals surface area contributed by atoms with E-state index < -0.39 is 13.0 Å². The van der Waals surface area contributed by atoms with Crippen LogP contribution < -0.4 is 29.7 Å². The van der Waals surface area contributed by atoms with Crippen LogP contribution in [0.25, 0.3) is 0 Å². The van der Waals surface area contributed by atoms with Gasteiger partial charge in [0.15, 0.2) is 5.96 Å². The van der Waals surface area contributed by atoms with E-state index >= 15 is 0 Å². The number of hydrogen-bond donors (Lipinski definition) is 2. The van der Waals surface area contributed by atoms with Crippen molar-refractivity contribution in [2.75, 3.05) is 45.9 Å². The standard InChI is InChI=1S/C23H30F2N4O3.HI/c1-26-23(27-13-16-5-4-6-19(9-16)32-15-22(24)25)28-17-7-8-29(14-17)18-10-20(30-2)12-21(11-18)31-3;/h4-6,9-12,17,22H,7-8,13-15H2,1-3H3,(H2,26,27,28);1H. The molecule has 0 amide bonds. The minimum atomic E-state index is -2.50. The number of methoxy groups -OCH3 is 2. The van der Waals surface area contributed by atoms with Crippen LogP contribution in [0.2, 0.25) is 0 Å². The Morgan fingerprint density at radius 1 is 1.12 bits per heavy atom. The average molecular weight is 576 g/mol. The molecular weight excluding hydrogens is 545 g/mol. The van der Waals surface area contributed by atoms with Crippen LogP contribution in [-0.4, -0.2) is 59.4 Å². The van der Waals surface area contributed by atoms with Crippen molar-refractivity contribution in [3.05, 3.63) is 48.0 Å². The average Bonchev–Trinajstić information content (AvgIpc) is 3.29. The Bertz CT molecular complexity index is 895. The number of alkyl halides is 2. The first-order valence-electron chi connectivity index (χ1n) is 10.5. The van der Waals surface area contributed by atoms with Gasteiger partial charge >= 0.3 is 0 Å². The molecule has 3 rings (SSSR count). The predicted octanol–water partition coefficient (Wildman–Crippen LogP) is 3.91. The third-order valence-electron chi connectivity index (χ3n) is 5.19. The van der Waals surface area contributed by atoms with Gasteiger partial charge < -0.3 is 29.7 Å². The first kappa shape index (κ1) is 26.7. The molecule has 2 aromatic carbocycles. The summed E-state index contributed by atoms with van der Waals surface area (Å²) in [5.74, 6) is 2.62. The normalized spacial score (nSPS) is 15.8. The van der Waals surface area contributed by atoms with E-state index in [1.54, 1.807) is 39.5 Å². The fourth-order valence-corrected chi connectivity index (χ4v) is 3.57. The van der Waals surface area contributed by atoms with E-state index in [2.05, 4.69) is 20.5 Å². The highest BCUT2D eigenvalue weighted by Gasteiger charge is 2.24. The maximum atomic E-state index is 12.3. The quantitative estimate of drug-likeness (QED) is 0.268. The first-order chi connectivity index (χ1) is 15.5. The fourth-order valence-electron chi connectivity index (χ4n) is 3.57. The van der Waals surface area contributed by atoms with Crippen LogP contribution in [0.5, 0.6) is 17.2 Å². The Morgan fingerprint density at radius 2 is 1.85 bits per heavy atom. The van der Waals surface area contributed by atoms with Gasteiger partial charge in [0.25, 0.3) is 6.43 Å². The number of nitrogens with zero attached hydrogens (tertiary/aromatic N) is 2. The van der Waals surface area contributed by atoms with Crippen LogP contribution in [0.15, 0.2) is 47.5 Å². The Balaban J connectivity index is 0.00000385. The number of aliphatic imine (C=N–C) groups is 1. The van der Waals surface area contributed by atoms with Crippen molar-refractivity contribution in [2.24, 2.45) is 4.99 Å². The molecule has 0 spiro atoms. The maximum absolute atomic E-state index is 12.3. The molecule has 1 unspecified atom stereocenters. The summed E-state index contributed by atoms with van der Waals surface area (Å²) in [5.41, 5.74) is 1.96. The summed E-state index contributed by atoms with van der Waals surface area (Å²) in [7, 11) is 5.00. The van der Waals surface area contributed by atoms with E-state index in [-0.39, 0.29) is 30.0 Å². The summed E-state index contributed by atoms with van der Waals surface area (Å²) in [6, 6.07) is 13.2. The molecule has 1 aliphatic rings. The molecular formula is C23H31F2IN4O3. The summed E-state index contributed by atoms with van der Waals surface area (Å²) in [5, 5.41) is 6.72. The lowest BCUT2D eigenvalue weighted by molar-refractivity contribution is 0.0818. The van der Waals surface area contributed by atoms with Crippen LogP contribution in [0.4, 0.5) is 14.5 Å². The summed E-state index contributed by atoms with van der Waals surface area (Å²) in [4.78, 5) is 6.58. The monoisotopic (exact) mass is 576 g/mol. The topological polar surface area (TPSA) is 67.4 Å². The summed E-state index contributed by atoms with van der Waals surface area (Å²) >= 11 is 0. The Morgan fingerprint density at radius 3 is 2.48 bits per heavy atom. The molecule has 1 atom stereocenters. The summed E-state index contributed by atoms with van der Waals surface area (Å²) in [6.45, 7) is 1.59. The van der Waals surface area contributed by atoms with Crippen LogP contribution >= 0.6 is 24.0 Å². The maximum Gasteiger partial charge on any atom is 0.272 e. The Kier molecular flexibility index (Phi) is 10.8. The lowest BCUT2D eigenvalue weighted by atomic mass is 10.2. The van der Waals surface area contributed by atoms with E-state index in [4.69, 9.17) is 14.2 Å². The zero-order chi connectivity index (χ0) is 22.9. The molecule has 2 N–H and O–H groups in total. The smallest absolute Gasteiger partial charge is 0.272 e. The van der Waals surface area contributed by atoms with Crippen molar-refractivity contribution in [1.82, 2.24) is 10.6 Å². The lowest BCUT2D eigenvalue weighted by Crippen LogP contribution is -2.44. The van der Waals surface area contributed by atoms with Gasteiger partial charge in [0, 0.05) is 56.6 Å². The van der Waals surface area contributed by atoms with E-state index in [1.807, 2.05) is 24.3 Å². The van der Waals surface area contributed by atoms with Gasteiger partial charge in [-0.05, 0) is 24.1 Å². The van der Waals surface area contributed by atoms with Gasteiger partial charge in [-0.3, -0.25) is 4.99 Å². The molecule has 0 aromatic heterocycles. The van der Waals surface area contributed by atoms with Crippen molar-refractivity contribution in [1.29, 1.82) is 0 Å². The van der Waals surface area contributed by atoms with Crippen molar-refractivity contribution in [2.45, 2.75) is 25.4 Å². The number of rotatable bonds is 9. The summed E-state index contributed by atoms with van der Waals surface area (Å²) < 4.78 is 40.5. The van der Waals surface area contributed by atoms with Gasteiger partial charge in [-0.25, -0.2) is 8.78 Å². The molecule has 1 saturated heterocycles. The Hall–Kier alpha value is -2.50. The minimum Gasteiger partial charge on any atom is -0.497 e. The van der Waals surface area contributed by atoms with Crippen LogP contribution in [-0.2, 0) is 6.54 Å². The number of halogens is 3. The van der Waals surface area contributed by atoms with Crippen molar-refractivity contribution in [3.63, 3.8) is 0 Å². The molecule has 1 fully saturated rings. The summed E-state index contributed by atoms with van der Waals surface area (Å²) in [6.07, 6.45) is -1.54. The Labute approximate surface area is 210 Å². The van der Waals surface area contributed by atoms with Gasteiger partial charge in [0.05, 0.1) is 14.2 Å². The number of anilines is 1. The first-order valence-corrected chi connectivity index (χ1v) is 10.5. The minimum absolute atomic E-state index is 0. The highest BCUT2D eigenvalue weighted by atomic mass is 127. The van der Waals surface area contributed by atoms with Crippen molar-refractivity contribution in [3.8, 4) is 17.2 Å². The number of nitrogens with one attached hydrogen (secondary N) is 2. The predicted molar refractivity (Wildman–Crippen MR) is 137 cm³/mol. The van der Waals surface area contributed by atoms with E-state index in [9.17, 15) is 8.78 Å². The number of benzene rings is 2. The largest absolute Gasteiger partial charge is 0.497 e. The van der Waals surface area contributed by atoms with Crippen LogP contribution in [0.3, 0.4) is 0 Å². The van der Waals surface area contributed by atoms with Crippen molar-refractivity contribution < 1.29 is 23.0 Å². The van der Waals surface area contributed by atoms with E-state index in [0.29, 0.717) is 18.3 Å². The third-order valence-corrected chi connectivity index (χ3v) is 5.19. The highest BCUT2D eigenvalue weighted by molar-refractivity contribution is 14.0. The SMILES string of the molecule is CN=C(NCc1cccc(OCC(F)F)c1)NC1CCN(c2cc(OC)cc(OC)c2)C1.I. The van der Waals surface area contributed by atoms with Crippen LogP contribution in [0.1, 0.15) is 12.0 Å². The second-order valence-electron chi connectivity index (χ2n) is 7.42. The lowest BCUT2D eigenvalue weighted by Gasteiger charge is -2.21. The number of guanidine groups is 1. The molecule has 33 heavy (non-hydrogen) atoms. The van der Waals surface area contributed by atoms with Crippen molar-refractivity contribution >= 4 is 35.6 Å². The van der Waals surface area contributed by atoms with Gasteiger partial charge in [-0.2, -0.15) is 0 Å². The molecule has 1 aliphatic heterocycles. The van der Waals surface area contributed by atoms with Gasteiger partial charge in [0.1, 0.15) is 23.9 Å². The molecule has 182 valence electrons. The molecule has 0 saturated carbocycles. The number of ether oxygens (including phenoxy) is 3. The molecule has 1 heterocycles. The molecule has 0 aliphatic carbocycles. The van der Waals surface area contributed by atoms with Gasteiger partial charge in [0.2, 0.25) is 0 Å². The second kappa shape index (κ2) is 13.3. The second-order valence-corrected chi connectivity index (χ2v) is 7.42. The van der Waals surface area contributed by atoms with Crippen LogP contribution in [0, 0.1) is 0 Å². The zero-order valence-electron chi connectivity index (χ0n) is 19.0.